The minimum absolute atomic E-state index is 0.0230. The molecule has 3 aliphatic carbocycles. The number of hydrogen-bond acceptors (Lipinski definition) is 2. The maximum Gasteiger partial charge on any atom is 0.306 e. The molecular weight excluding hydrogens is 212 g/mol. The molecule has 0 aromatic carbocycles. The van der Waals surface area contributed by atoms with Crippen molar-refractivity contribution >= 4 is 5.97 Å². The van der Waals surface area contributed by atoms with Crippen LogP contribution in [-0.4, -0.2) is 12.1 Å². The van der Waals surface area contributed by atoms with Crippen molar-refractivity contribution < 1.29 is 9.53 Å². The Kier molecular flexibility index (Phi) is 3.09. The number of hydrogen-bond donors (Lipinski definition) is 0. The molecule has 0 heterocycles. The quantitative estimate of drug-likeness (QED) is 0.553. The van der Waals surface area contributed by atoms with Crippen LogP contribution in [0.25, 0.3) is 0 Å². The maximum absolute atomic E-state index is 11.8. The minimum atomic E-state index is -0.0230. The SMILES string of the molecule is CC1=CC[C@H]2[C@H](OC(=O)CC(C)C)[C@@H]1C2(C)C. The molecule has 1 fully saturated rings. The molecule has 0 saturated heterocycles. The molecular formula is C15H24O2. The van der Waals surface area contributed by atoms with Crippen LogP contribution in [0.2, 0.25) is 0 Å². The summed E-state index contributed by atoms with van der Waals surface area (Å²) in [5.41, 5.74) is 1.71. The first-order valence-electron chi connectivity index (χ1n) is 6.70. The smallest absolute Gasteiger partial charge is 0.306 e. The van der Waals surface area contributed by atoms with Gasteiger partial charge in [0.05, 0.1) is 0 Å². The largest absolute Gasteiger partial charge is 0.461 e. The third kappa shape index (κ3) is 2.02. The molecule has 96 valence electrons. The molecule has 0 aromatic heterocycles. The van der Waals surface area contributed by atoms with Gasteiger partial charge in [0.2, 0.25) is 0 Å². The van der Waals surface area contributed by atoms with Crippen molar-refractivity contribution in [1.82, 2.24) is 0 Å². The Morgan fingerprint density at radius 2 is 2.18 bits per heavy atom. The molecule has 0 aromatic rings. The third-order valence-corrected chi connectivity index (χ3v) is 4.51. The topological polar surface area (TPSA) is 26.3 Å². The summed E-state index contributed by atoms with van der Waals surface area (Å²) in [5, 5.41) is 0. The Labute approximate surface area is 104 Å². The van der Waals surface area contributed by atoms with Gasteiger partial charge in [0.1, 0.15) is 6.10 Å². The van der Waals surface area contributed by atoms with E-state index in [0.717, 1.165) is 6.42 Å². The van der Waals surface area contributed by atoms with E-state index in [9.17, 15) is 4.79 Å². The third-order valence-electron chi connectivity index (χ3n) is 4.51. The van der Waals surface area contributed by atoms with E-state index in [1.54, 1.807) is 0 Å². The zero-order valence-corrected chi connectivity index (χ0v) is 11.6. The molecule has 3 aliphatic rings. The standard InChI is InChI=1S/C15H24O2/c1-9(2)8-12(16)17-14-11-7-6-10(3)13(14)15(11,4)5/h6,9,11,13-14H,7-8H2,1-5H3/t11-,13+,14-/m0/s1. The Bertz CT molecular complexity index is 352. The average molecular weight is 236 g/mol. The average Bonchev–Trinajstić information content (AvgIpc) is 2.14. The summed E-state index contributed by atoms with van der Waals surface area (Å²) < 4.78 is 5.69. The van der Waals surface area contributed by atoms with Gasteiger partial charge >= 0.3 is 5.97 Å². The van der Waals surface area contributed by atoms with Gasteiger partial charge in [-0.05, 0) is 24.7 Å². The van der Waals surface area contributed by atoms with Gasteiger partial charge in [0.15, 0.2) is 0 Å². The van der Waals surface area contributed by atoms with Crippen molar-refractivity contribution in [2.75, 3.05) is 0 Å². The molecule has 3 atom stereocenters. The fraction of sp³-hybridized carbons (Fsp3) is 0.800. The van der Waals surface area contributed by atoms with Crippen LogP contribution in [0.5, 0.6) is 0 Å². The summed E-state index contributed by atoms with van der Waals surface area (Å²) in [5.74, 6) is 1.32. The van der Waals surface area contributed by atoms with E-state index in [0.29, 0.717) is 29.6 Å². The first-order chi connectivity index (χ1) is 7.84. The van der Waals surface area contributed by atoms with Crippen molar-refractivity contribution in [2.45, 2.75) is 53.6 Å². The number of carbonyl (C=O) groups is 1. The molecule has 1 saturated carbocycles. The number of fused-ring (bicyclic) bond motifs is 1. The molecule has 0 spiro atoms. The Balaban J connectivity index is 2.02. The summed E-state index contributed by atoms with van der Waals surface area (Å²) in [6.45, 7) is 10.9. The van der Waals surface area contributed by atoms with Gasteiger partial charge in [-0.2, -0.15) is 0 Å². The molecule has 0 radical (unpaired) electrons. The summed E-state index contributed by atoms with van der Waals surface area (Å²) >= 11 is 0. The van der Waals surface area contributed by atoms with E-state index in [4.69, 9.17) is 4.74 Å². The van der Waals surface area contributed by atoms with Crippen molar-refractivity contribution in [1.29, 1.82) is 0 Å². The van der Waals surface area contributed by atoms with Gasteiger partial charge in [-0.15, -0.1) is 0 Å². The van der Waals surface area contributed by atoms with Gasteiger partial charge in [-0.25, -0.2) is 0 Å². The normalized spacial score (nSPS) is 34.0. The zero-order valence-electron chi connectivity index (χ0n) is 11.6. The van der Waals surface area contributed by atoms with Gasteiger partial charge in [-0.1, -0.05) is 39.3 Å². The van der Waals surface area contributed by atoms with E-state index >= 15 is 0 Å². The Morgan fingerprint density at radius 1 is 1.53 bits per heavy atom. The van der Waals surface area contributed by atoms with Crippen LogP contribution >= 0.6 is 0 Å². The van der Waals surface area contributed by atoms with Gasteiger partial charge in [0, 0.05) is 18.3 Å². The number of ether oxygens (including phenoxy) is 1. The summed E-state index contributed by atoms with van der Waals surface area (Å²) in [4.78, 5) is 11.8. The van der Waals surface area contributed by atoms with Crippen LogP contribution in [-0.2, 0) is 9.53 Å². The lowest BCUT2D eigenvalue weighted by Gasteiger charge is -2.60. The molecule has 3 rings (SSSR count). The minimum Gasteiger partial charge on any atom is -0.461 e. The van der Waals surface area contributed by atoms with E-state index < -0.39 is 0 Å². The fourth-order valence-corrected chi connectivity index (χ4v) is 3.60. The highest BCUT2D eigenvalue weighted by atomic mass is 16.5. The molecule has 0 N–H and O–H groups in total. The van der Waals surface area contributed by atoms with Gasteiger partial charge < -0.3 is 4.74 Å². The fourth-order valence-electron chi connectivity index (χ4n) is 3.60. The van der Waals surface area contributed by atoms with Crippen LogP contribution in [0.15, 0.2) is 11.6 Å². The van der Waals surface area contributed by atoms with E-state index in [1.807, 2.05) is 0 Å². The second kappa shape index (κ2) is 4.15. The van der Waals surface area contributed by atoms with E-state index in [-0.39, 0.29) is 12.1 Å². The predicted octanol–water partition coefficient (Wildman–Crippen LogP) is 3.57. The lowest BCUT2D eigenvalue weighted by Crippen LogP contribution is -2.61. The van der Waals surface area contributed by atoms with Gasteiger partial charge in [-0.3, -0.25) is 4.79 Å². The van der Waals surface area contributed by atoms with Crippen LogP contribution in [0.3, 0.4) is 0 Å². The second-order valence-electron chi connectivity index (χ2n) is 6.64. The second-order valence-corrected chi connectivity index (χ2v) is 6.64. The predicted molar refractivity (Wildman–Crippen MR) is 68.5 cm³/mol. The van der Waals surface area contributed by atoms with Gasteiger partial charge in [0.25, 0.3) is 0 Å². The molecule has 0 amide bonds. The van der Waals surface area contributed by atoms with Crippen molar-refractivity contribution in [3.63, 3.8) is 0 Å². The molecule has 2 nitrogen and oxygen atoms in total. The monoisotopic (exact) mass is 236 g/mol. The maximum atomic E-state index is 11.8. The summed E-state index contributed by atoms with van der Waals surface area (Å²) in [6, 6.07) is 0. The zero-order chi connectivity index (χ0) is 12.8. The molecule has 2 bridgehead atoms. The van der Waals surface area contributed by atoms with Crippen molar-refractivity contribution in [2.24, 2.45) is 23.2 Å². The van der Waals surface area contributed by atoms with E-state index in [1.165, 1.54) is 5.57 Å². The first-order valence-corrected chi connectivity index (χ1v) is 6.70. The van der Waals surface area contributed by atoms with Crippen LogP contribution < -0.4 is 0 Å². The molecule has 0 unspecified atom stereocenters. The molecule has 0 aliphatic heterocycles. The number of rotatable bonds is 3. The van der Waals surface area contributed by atoms with Crippen LogP contribution in [0.4, 0.5) is 0 Å². The number of carbonyl (C=O) groups excluding carboxylic acids is 1. The molecule has 2 heteroatoms. The number of allylic oxidation sites excluding steroid dienone is 1. The summed E-state index contributed by atoms with van der Waals surface area (Å²) in [7, 11) is 0. The van der Waals surface area contributed by atoms with E-state index in [2.05, 4.69) is 40.7 Å². The van der Waals surface area contributed by atoms with Crippen molar-refractivity contribution in [3.8, 4) is 0 Å². The summed E-state index contributed by atoms with van der Waals surface area (Å²) in [6.07, 6.45) is 4.06. The highest BCUT2D eigenvalue weighted by molar-refractivity contribution is 5.70. The van der Waals surface area contributed by atoms with Crippen molar-refractivity contribution in [3.05, 3.63) is 11.6 Å². The van der Waals surface area contributed by atoms with Crippen LogP contribution in [0.1, 0.15) is 47.5 Å². The highest BCUT2D eigenvalue weighted by Crippen LogP contribution is 2.60. The lowest BCUT2D eigenvalue weighted by atomic mass is 9.47. The highest BCUT2D eigenvalue weighted by Gasteiger charge is 2.60. The Hall–Kier alpha value is -0.790. The van der Waals surface area contributed by atoms with Crippen LogP contribution in [0, 0.1) is 23.2 Å². The molecule has 17 heavy (non-hydrogen) atoms. The first kappa shape index (κ1) is 12.7. The Morgan fingerprint density at radius 3 is 2.65 bits per heavy atom. The lowest BCUT2D eigenvalue weighted by molar-refractivity contribution is -0.192. The number of esters is 1.